The Hall–Kier alpha value is -4.96. The number of carbonyl (C=O) groups excluding carboxylic acids is 1. The minimum absolute atomic E-state index is 0.199. The molecule has 6 aromatic rings. The first-order chi connectivity index (χ1) is 19.7. The lowest BCUT2D eigenvalue weighted by Gasteiger charge is -2.08. The molecule has 0 aliphatic heterocycles. The zero-order chi connectivity index (χ0) is 27.1. The lowest BCUT2D eigenvalue weighted by Crippen LogP contribution is -2.10. The Morgan fingerprint density at radius 3 is 2.73 bits per heavy atom. The Bertz CT molecular complexity index is 1710. The summed E-state index contributed by atoms with van der Waals surface area (Å²) < 4.78 is 4.25. The van der Waals surface area contributed by atoms with Crippen molar-refractivity contribution in [3.05, 3.63) is 114 Å². The van der Waals surface area contributed by atoms with Crippen LogP contribution in [0.15, 0.2) is 104 Å². The molecule has 4 heterocycles. The number of nitrogens with zero attached hydrogens (tertiary/aromatic N) is 5. The molecule has 1 amide bonds. The quantitative estimate of drug-likeness (QED) is 0.166. The molecule has 0 bridgehead atoms. The number of nitrogens with one attached hydrogen (secondary N) is 3. The first-order valence-electron chi connectivity index (χ1n) is 13.0. The van der Waals surface area contributed by atoms with Crippen molar-refractivity contribution in [3.63, 3.8) is 0 Å². The molecule has 0 aliphatic carbocycles. The van der Waals surface area contributed by atoms with Gasteiger partial charge in [0.1, 0.15) is 16.5 Å². The third-order valence-electron chi connectivity index (χ3n) is 6.40. The van der Waals surface area contributed by atoms with Crippen LogP contribution in [0.1, 0.15) is 21.7 Å². The van der Waals surface area contributed by atoms with Crippen molar-refractivity contribution in [2.75, 3.05) is 22.5 Å². The number of pyridine rings is 1. The fourth-order valence-electron chi connectivity index (χ4n) is 4.43. The van der Waals surface area contributed by atoms with Gasteiger partial charge in [-0.05, 0) is 48.4 Å². The minimum Gasteiger partial charge on any atom is -0.370 e. The molecule has 0 aliphatic rings. The summed E-state index contributed by atoms with van der Waals surface area (Å²) in [5.41, 5.74) is 3.10. The lowest BCUT2D eigenvalue weighted by atomic mass is 10.2. The Labute approximate surface area is 235 Å². The van der Waals surface area contributed by atoms with E-state index >= 15 is 0 Å². The highest BCUT2D eigenvalue weighted by Gasteiger charge is 2.13. The predicted octanol–water partition coefficient (Wildman–Crippen LogP) is 6.24. The van der Waals surface area contributed by atoms with Gasteiger partial charge >= 0.3 is 0 Å². The van der Waals surface area contributed by atoms with E-state index in [0.717, 1.165) is 48.5 Å². The SMILES string of the molecule is O=C(Nc1ccc2c(ccn2Cc2ccccc2)c1)c1cnc(Nc2cccc(NCCCn3ccnc3)n2)s1. The number of aryl methyl sites for hydroxylation is 1. The van der Waals surface area contributed by atoms with Crippen LogP contribution in [0, 0.1) is 0 Å². The largest absolute Gasteiger partial charge is 0.370 e. The second-order valence-corrected chi connectivity index (χ2v) is 10.3. The summed E-state index contributed by atoms with van der Waals surface area (Å²) in [6.07, 6.45) is 10.2. The van der Waals surface area contributed by atoms with Crippen LogP contribution in [0.3, 0.4) is 0 Å². The van der Waals surface area contributed by atoms with Gasteiger partial charge in [-0.25, -0.2) is 15.0 Å². The third kappa shape index (κ3) is 6.19. The van der Waals surface area contributed by atoms with Gasteiger partial charge in [0.2, 0.25) is 0 Å². The van der Waals surface area contributed by atoms with Crippen LogP contribution in [0.5, 0.6) is 0 Å². The maximum absolute atomic E-state index is 12.9. The van der Waals surface area contributed by atoms with E-state index in [2.05, 4.69) is 59.9 Å². The topological polar surface area (TPSA) is 102 Å². The maximum Gasteiger partial charge on any atom is 0.267 e. The lowest BCUT2D eigenvalue weighted by molar-refractivity contribution is 0.103. The number of thiazole rings is 1. The summed E-state index contributed by atoms with van der Waals surface area (Å²) >= 11 is 1.28. The van der Waals surface area contributed by atoms with Gasteiger partial charge in [-0.15, -0.1) is 0 Å². The highest BCUT2D eigenvalue weighted by molar-refractivity contribution is 7.17. The van der Waals surface area contributed by atoms with E-state index in [1.54, 1.807) is 12.4 Å². The summed E-state index contributed by atoms with van der Waals surface area (Å²) in [6, 6.07) is 24.1. The summed E-state index contributed by atoms with van der Waals surface area (Å²) in [5, 5.41) is 11.2. The van der Waals surface area contributed by atoms with Crippen LogP contribution < -0.4 is 16.0 Å². The number of benzene rings is 2. The number of hydrogen-bond donors (Lipinski definition) is 3. The normalized spacial score (nSPS) is 11.0. The molecule has 0 fully saturated rings. The molecule has 0 spiro atoms. The van der Waals surface area contributed by atoms with Gasteiger partial charge in [0.05, 0.1) is 12.5 Å². The predicted molar refractivity (Wildman–Crippen MR) is 160 cm³/mol. The van der Waals surface area contributed by atoms with Gasteiger partial charge < -0.3 is 25.1 Å². The maximum atomic E-state index is 12.9. The summed E-state index contributed by atoms with van der Waals surface area (Å²) in [4.78, 5) is 26.5. The Balaban J connectivity index is 1.04. The van der Waals surface area contributed by atoms with E-state index in [9.17, 15) is 4.79 Å². The zero-order valence-electron chi connectivity index (χ0n) is 21.7. The van der Waals surface area contributed by atoms with Crippen LogP contribution in [-0.2, 0) is 13.1 Å². The summed E-state index contributed by atoms with van der Waals surface area (Å²) in [7, 11) is 0. The molecule has 10 heteroatoms. The van der Waals surface area contributed by atoms with E-state index in [0.29, 0.717) is 15.8 Å². The average molecular weight is 549 g/mol. The fraction of sp³-hybridized carbons (Fsp3) is 0.133. The van der Waals surface area contributed by atoms with E-state index in [-0.39, 0.29) is 5.91 Å². The minimum atomic E-state index is -0.199. The Morgan fingerprint density at radius 1 is 0.950 bits per heavy atom. The molecule has 6 rings (SSSR count). The number of fused-ring (bicyclic) bond motifs is 1. The second kappa shape index (κ2) is 11.8. The van der Waals surface area contributed by atoms with Gasteiger partial charge in [-0.1, -0.05) is 47.7 Å². The Kier molecular flexibility index (Phi) is 7.49. The van der Waals surface area contributed by atoms with E-state index in [1.807, 2.05) is 71.7 Å². The van der Waals surface area contributed by atoms with Gasteiger partial charge in [0.25, 0.3) is 5.91 Å². The molecule has 4 aromatic heterocycles. The number of carbonyl (C=O) groups is 1. The van der Waals surface area contributed by atoms with Crippen molar-refractivity contribution in [2.24, 2.45) is 0 Å². The summed E-state index contributed by atoms with van der Waals surface area (Å²) in [5.74, 6) is 1.24. The molecule has 0 radical (unpaired) electrons. The molecule has 3 N–H and O–H groups in total. The first kappa shape index (κ1) is 25.3. The van der Waals surface area contributed by atoms with E-state index < -0.39 is 0 Å². The van der Waals surface area contributed by atoms with Gasteiger partial charge in [0.15, 0.2) is 5.13 Å². The average Bonchev–Trinajstić information content (AvgIpc) is 3.74. The number of aromatic nitrogens is 5. The monoisotopic (exact) mass is 548 g/mol. The number of rotatable bonds is 11. The van der Waals surface area contributed by atoms with Gasteiger partial charge in [-0.3, -0.25) is 4.79 Å². The smallest absolute Gasteiger partial charge is 0.267 e. The van der Waals surface area contributed by atoms with Crippen molar-refractivity contribution in [1.82, 2.24) is 24.1 Å². The molecule has 0 saturated heterocycles. The van der Waals surface area contributed by atoms with Crippen molar-refractivity contribution in [3.8, 4) is 0 Å². The molecule has 9 nitrogen and oxygen atoms in total. The van der Waals surface area contributed by atoms with Gasteiger partial charge in [0, 0.05) is 54.8 Å². The van der Waals surface area contributed by atoms with Crippen molar-refractivity contribution < 1.29 is 4.79 Å². The second-order valence-electron chi connectivity index (χ2n) is 9.30. The number of hydrogen-bond acceptors (Lipinski definition) is 7. The molecular formula is C30H28N8OS. The van der Waals surface area contributed by atoms with E-state index in [4.69, 9.17) is 0 Å². The van der Waals surface area contributed by atoms with Crippen LogP contribution >= 0.6 is 11.3 Å². The number of anilines is 4. The molecule has 200 valence electrons. The molecule has 2 aromatic carbocycles. The third-order valence-corrected chi connectivity index (χ3v) is 7.31. The summed E-state index contributed by atoms with van der Waals surface area (Å²) in [6.45, 7) is 2.48. The number of amides is 1. The molecule has 40 heavy (non-hydrogen) atoms. The van der Waals surface area contributed by atoms with Gasteiger partial charge in [-0.2, -0.15) is 0 Å². The van der Waals surface area contributed by atoms with Crippen LogP contribution in [-0.4, -0.2) is 36.5 Å². The van der Waals surface area contributed by atoms with Crippen LogP contribution in [0.25, 0.3) is 10.9 Å². The van der Waals surface area contributed by atoms with E-state index in [1.165, 1.54) is 16.9 Å². The van der Waals surface area contributed by atoms with Crippen molar-refractivity contribution >= 4 is 50.6 Å². The number of imidazole rings is 1. The first-order valence-corrected chi connectivity index (χ1v) is 13.8. The molecule has 0 atom stereocenters. The highest BCUT2D eigenvalue weighted by Crippen LogP contribution is 2.25. The molecular weight excluding hydrogens is 520 g/mol. The highest BCUT2D eigenvalue weighted by atomic mass is 32.1. The molecule has 0 saturated carbocycles. The van der Waals surface area contributed by atoms with Crippen molar-refractivity contribution in [2.45, 2.75) is 19.5 Å². The molecule has 0 unspecified atom stereocenters. The van der Waals surface area contributed by atoms with Crippen LogP contribution in [0.2, 0.25) is 0 Å². The standard InChI is InChI=1S/C30H28N8OS/c39-29(34-24-10-11-25-23(18-24)12-16-38(25)20-22-6-2-1-3-7-22)26-19-33-30(40-26)36-28-9-4-8-27(35-28)32-13-5-15-37-17-14-31-21-37/h1-4,6-12,14,16-19,21H,5,13,15,20H2,(H,34,39)(H2,32,33,35,36). The Morgan fingerprint density at radius 2 is 1.85 bits per heavy atom. The fourth-order valence-corrected chi connectivity index (χ4v) is 5.15. The van der Waals surface area contributed by atoms with Crippen LogP contribution in [0.4, 0.5) is 22.5 Å². The zero-order valence-corrected chi connectivity index (χ0v) is 22.5. The van der Waals surface area contributed by atoms with Crippen molar-refractivity contribution in [1.29, 1.82) is 0 Å².